The molecule has 2 atom stereocenters. The summed E-state index contributed by atoms with van der Waals surface area (Å²) in [5.41, 5.74) is -11.2. The lowest BCUT2D eigenvalue weighted by atomic mass is 9.89. The number of hydrogen-bond donors (Lipinski definition) is 0. The van der Waals surface area contributed by atoms with Gasteiger partial charge in [0, 0.05) is 0 Å². The largest absolute Gasteiger partial charge is 0.637 e. The van der Waals surface area contributed by atoms with E-state index in [1.807, 2.05) is 0 Å². The molecule has 0 amide bonds. The minimum Gasteiger partial charge on any atom is -0.292 e. The van der Waals surface area contributed by atoms with Crippen LogP contribution in [0.15, 0.2) is 0 Å². The number of alkyl halides is 2. The highest BCUT2D eigenvalue weighted by Gasteiger charge is 2.82. The number of rotatable bonds is 25. The predicted octanol–water partition coefficient (Wildman–Crippen LogP) is -4.02. The van der Waals surface area contributed by atoms with Gasteiger partial charge in [-0.25, -0.2) is 20.2 Å². The van der Waals surface area contributed by atoms with Crippen molar-refractivity contribution in [3.05, 3.63) is 121 Å². The normalized spacial score (nSPS) is 12.9. The molecule has 0 spiro atoms. The van der Waals surface area contributed by atoms with Gasteiger partial charge in [-0.05, 0) is 0 Å². The number of hydrogen-bond acceptors (Lipinski definition) is 26. The summed E-state index contributed by atoms with van der Waals surface area (Å²) in [6, 6.07) is 0. The second-order valence-electron chi connectivity index (χ2n) is 8.87. The highest BCUT2D eigenvalue weighted by molar-refractivity contribution is 4.95. The zero-order valence-corrected chi connectivity index (χ0v) is 23.6. The second kappa shape index (κ2) is 15.4. The van der Waals surface area contributed by atoms with Gasteiger partial charge in [-0.1, -0.05) is 18.8 Å². The van der Waals surface area contributed by atoms with Crippen LogP contribution in [0.5, 0.6) is 0 Å². The average molecular weight is 780 g/mol. The Morgan fingerprint density at radius 3 is 0.750 bits per heavy atom. The Kier molecular flexibility index (Phi) is 13.0. The Bertz CT molecular complexity index is 1420. The van der Waals surface area contributed by atoms with Crippen molar-refractivity contribution in [3.63, 3.8) is 0 Å². The molecule has 0 aliphatic carbocycles. The lowest BCUT2D eigenvalue weighted by Gasteiger charge is -2.32. The van der Waals surface area contributed by atoms with Crippen LogP contribution in [-0.4, -0.2) is 131 Å². The fourth-order valence-electron chi connectivity index (χ4n) is 3.62. The molecule has 0 heterocycles. The Labute approximate surface area is 272 Å². The van der Waals surface area contributed by atoms with Crippen molar-refractivity contribution in [3.8, 4) is 0 Å². The molecule has 0 radical (unpaired) electrons. The summed E-state index contributed by atoms with van der Waals surface area (Å²) in [4.78, 5) is 123. The van der Waals surface area contributed by atoms with Gasteiger partial charge in [0.1, 0.15) is 39.4 Å². The fraction of sp³-hybridized carbons (Fsp3) is 1.00. The first-order chi connectivity index (χ1) is 23.4. The van der Waals surface area contributed by atoms with Gasteiger partial charge < -0.3 is 0 Å². The molecule has 0 rings (SSSR count). The van der Waals surface area contributed by atoms with E-state index >= 15 is 0 Å². The maximum atomic E-state index is 14.5. The first kappa shape index (κ1) is 43.9. The molecule has 0 saturated heterocycles. The molecule has 0 aromatic heterocycles. The zero-order valence-electron chi connectivity index (χ0n) is 23.6. The van der Waals surface area contributed by atoms with Crippen LogP contribution < -0.4 is 0 Å². The van der Waals surface area contributed by atoms with Crippen LogP contribution in [0.1, 0.15) is 0 Å². The average Bonchev–Trinajstić information content (AvgIpc) is 2.97. The first-order valence-corrected chi connectivity index (χ1v) is 11.4. The summed E-state index contributed by atoms with van der Waals surface area (Å²) in [7, 11) is 0. The third-order valence-corrected chi connectivity index (χ3v) is 6.03. The van der Waals surface area contributed by atoms with Gasteiger partial charge in [-0.3, -0.25) is 90.6 Å². The SMILES string of the molecule is O=[N+]([O-])OC(C(O[N+](=O)[O-])C(CN(CC(F)([N+](=O)[O-])[N+](=O)[O-])[N+](=O)[O-])([N+](=O)[O-])[N+](=O)[O-])C(CN(CC(F)([N+](=O)[O-])[N+](=O)[O-])[N+](=O)[O-])([N+](=O)[O-])[N+](=O)[O-]. The number of halogens is 2. The van der Waals surface area contributed by atoms with Crippen LogP contribution in [-0.2, 0) is 9.68 Å². The monoisotopic (exact) mass is 780 g/mol. The summed E-state index contributed by atoms with van der Waals surface area (Å²) in [5.74, 6) is -10.8. The van der Waals surface area contributed by atoms with Crippen LogP contribution >= 0.6 is 0 Å². The number of nitro groups is 10. The molecular formula is C10H10F2N14O26. The first-order valence-electron chi connectivity index (χ1n) is 11.4. The van der Waals surface area contributed by atoms with Crippen molar-refractivity contribution in [2.24, 2.45) is 0 Å². The van der Waals surface area contributed by atoms with Gasteiger partial charge in [-0.2, -0.15) is 0 Å². The molecule has 42 heteroatoms. The van der Waals surface area contributed by atoms with E-state index in [1.165, 1.54) is 0 Å². The van der Waals surface area contributed by atoms with E-state index in [1.54, 1.807) is 0 Å². The van der Waals surface area contributed by atoms with E-state index < -0.39 is 131 Å². The Balaban J connectivity index is 8.48. The second-order valence-corrected chi connectivity index (χ2v) is 8.87. The Hall–Kier alpha value is -8.14. The van der Waals surface area contributed by atoms with Gasteiger partial charge in [0.2, 0.25) is 13.1 Å². The smallest absolute Gasteiger partial charge is 0.292 e. The van der Waals surface area contributed by atoms with Gasteiger partial charge in [0.15, 0.2) is 10.1 Å². The van der Waals surface area contributed by atoms with Crippen LogP contribution in [0.2, 0.25) is 0 Å². The van der Waals surface area contributed by atoms with Crippen molar-refractivity contribution in [2.45, 2.75) is 35.4 Å². The maximum absolute atomic E-state index is 14.5. The molecule has 0 aliphatic heterocycles. The molecule has 290 valence electrons. The molecule has 40 nitrogen and oxygen atoms in total. The van der Waals surface area contributed by atoms with E-state index in [4.69, 9.17) is 0 Å². The van der Waals surface area contributed by atoms with E-state index in [2.05, 4.69) is 9.68 Å². The highest BCUT2D eigenvalue weighted by Crippen LogP contribution is 2.35. The lowest BCUT2D eigenvalue weighted by Crippen LogP contribution is -2.75. The molecule has 52 heavy (non-hydrogen) atoms. The van der Waals surface area contributed by atoms with Crippen LogP contribution in [0, 0.1) is 121 Å². The van der Waals surface area contributed by atoms with Gasteiger partial charge in [0.05, 0.1) is 0 Å². The number of hydrazine groups is 2. The third kappa shape index (κ3) is 8.28. The van der Waals surface area contributed by atoms with Crippen molar-refractivity contribution >= 4 is 0 Å². The summed E-state index contributed by atoms with van der Waals surface area (Å²) in [6.07, 6.45) is -9.74. The van der Waals surface area contributed by atoms with Crippen molar-refractivity contribution < 1.29 is 78.1 Å². The third-order valence-electron chi connectivity index (χ3n) is 6.03. The molecular weight excluding hydrogens is 770 g/mol. The molecule has 0 bridgehead atoms. The fourth-order valence-corrected chi connectivity index (χ4v) is 3.62. The molecule has 0 aromatic carbocycles. The Morgan fingerprint density at radius 1 is 0.404 bits per heavy atom. The molecule has 0 saturated carbocycles. The molecule has 0 aromatic rings. The van der Waals surface area contributed by atoms with E-state index in [-0.39, 0.29) is 0 Å². The van der Waals surface area contributed by atoms with Crippen LogP contribution in [0.3, 0.4) is 0 Å². The highest BCUT2D eigenvalue weighted by atomic mass is 19.2. The van der Waals surface area contributed by atoms with Gasteiger partial charge in [0.25, 0.3) is 35.5 Å². The standard InChI is InChI=1S/C10H10F2N14O26/c11-9(19(35)36,20(37)38)3-13(23(43)44)1-7(15(27)28,16(29)30)5(51-25(47)48)6(52-26(49)50)8(17(31)32,18(33)34)2-14(24(45)46)4-10(12,21(39)40)22(41)42/h5-6H,1-4H2. The Morgan fingerprint density at radius 2 is 0.615 bits per heavy atom. The number of nitrogens with zero attached hydrogens (tertiary/aromatic N) is 14. The van der Waals surface area contributed by atoms with E-state index in [0.717, 1.165) is 0 Å². The molecule has 0 aliphatic rings. The summed E-state index contributed by atoms with van der Waals surface area (Å²) >= 11 is 0. The molecule has 0 N–H and O–H groups in total. The summed E-state index contributed by atoms with van der Waals surface area (Å²) in [6.45, 7) is -12.9. The van der Waals surface area contributed by atoms with Crippen LogP contribution in [0.25, 0.3) is 0 Å². The lowest BCUT2D eigenvalue weighted by molar-refractivity contribution is -0.897. The minimum absolute atomic E-state index is 1.62. The van der Waals surface area contributed by atoms with Crippen molar-refractivity contribution in [2.75, 3.05) is 26.2 Å². The van der Waals surface area contributed by atoms with Crippen molar-refractivity contribution in [1.82, 2.24) is 10.0 Å². The minimum atomic E-state index is -5.59. The van der Waals surface area contributed by atoms with Crippen molar-refractivity contribution in [1.29, 1.82) is 0 Å². The quantitative estimate of drug-likeness (QED) is 0.0368. The maximum Gasteiger partial charge on any atom is 0.637 e. The molecule has 0 fully saturated rings. The topological polar surface area (TPSA) is 543 Å². The van der Waals surface area contributed by atoms with Gasteiger partial charge >= 0.3 is 23.2 Å². The van der Waals surface area contributed by atoms with E-state index in [0.29, 0.717) is 0 Å². The summed E-state index contributed by atoms with van der Waals surface area (Å²) < 4.78 is 29.0. The van der Waals surface area contributed by atoms with E-state index in [9.17, 15) is 130 Å². The van der Waals surface area contributed by atoms with Gasteiger partial charge in [-0.15, -0.1) is 20.2 Å². The summed E-state index contributed by atoms with van der Waals surface area (Å²) in [5, 5.41) is 125. The van der Waals surface area contributed by atoms with Crippen LogP contribution in [0.4, 0.5) is 8.78 Å². The zero-order chi connectivity index (χ0) is 41.5. The molecule has 2 unspecified atom stereocenters. The predicted molar refractivity (Wildman–Crippen MR) is 130 cm³/mol.